The second kappa shape index (κ2) is 9.76. The summed E-state index contributed by atoms with van der Waals surface area (Å²) in [6.07, 6.45) is 6.41. The van der Waals surface area contributed by atoms with Crippen LogP contribution in [-0.4, -0.2) is 20.3 Å². The van der Waals surface area contributed by atoms with Crippen LogP contribution >= 0.6 is 0 Å². The number of carbonyl (C=O) groups is 1. The van der Waals surface area contributed by atoms with Crippen LogP contribution in [0.1, 0.15) is 57.7 Å². The predicted octanol–water partition coefficient (Wildman–Crippen LogP) is 7.10. The summed E-state index contributed by atoms with van der Waals surface area (Å²) in [5.41, 5.74) is 4.96. The van der Waals surface area contributed by atoms with Gasteiger partial charge in [0.2, 0.25) is 5.95 Å². The van der Waals surface area contributed by atoms with Crippen LogP contribution in [0.2, 0.25) is 0 Å². The Hall–Kier alpha value is -3.67. The summed E-state index contributed by atoms with van der Waals surface area (Å²) in [4.78, 5) is 21.8. The highest BCUT2D eigenvalue weighted by molar-refractivity contribution is 5.83. The van der Waals surface area contributed by atoms with Crippen molar-refractivity contribution >= 4 is 28.5 Å². The van der Waals surface area contributed by atoms with Gasteiger partial charge in [-0.1, -0.05) is 45.7 Å². The largest absolute Gasteiger partial charge is 0.457 e. The summed E-state index contributed by atoms with van der Waals surface area (Å²) in [5, 5.41) is 3.46. The number of anilines is 2. The van der Waals surface area contributed by atoms with Gasteiger partial charge in [0.1, 0.15) is 17.3 Å². The van der Waals surface area contributed by atoms with E-state index in [1.165, 1.54) is 5.56 Å². The molecule has 36 heavy (non-hydrogen) atoms. The Bertz CT molecular complexity index is 1390. The Morgan fingerprint density at radius 2 is 1.83 bits per heavy atom. The number of rotatable bonds is 7. The summed E-state index contributed by atoms with van der Waals surface area (Å²) in [5.74, 6) is 2.62. The number of ketones is 1. The molecule has 1 fully saturated rings. The highest BCUT2D eigenvalue weighted by Gasteiger charge is 2.23. The molecule has 5 rings (SSSR count). The number of benzene rings is 2. The number of fused-ring (bicyclic) bond motifs is 1. The third-order valence-corrected chi connectivity index (χ3v) is 7.03. The highest BCUT2D eigenvalue weighted by atomic mass is 16.5. The number of nitrogens with one attached hydrogen (secondary N) is 1. The van der Waals surface area contributed by atoms with Gasteiger partial charge < -0.3 is 14.6 Å². The van der Waals surface area contributed by atoms with Crippen molar-refractivity contribution in [3.63, 3.8) is 0 Å². The van der Waals surface area contributed by atoms with E-state index in [0.29, 0.717) is 23.7 Å². The van der Waals surface area contributed by atoms with Crippen LogP contribution < -0.4 is 10.1 Å². The van der Waals surface area contributed by atoms with Gasteiger partial charge in [0.05, 0.1) is 16.7 Å². The normalized spacial score (nSPS) is 14.3. The van der Waals surface area contributed by atoms with E-state index in [-0.39, 0.29) is 11.3 Å². The number of hydrogen-bond donors (Lipinski definition) is 1. The number of aromatic nitrogens is 3. The lowest BCUT2D eigenvalue weighted by Crippen LogP contribution is -2.14. The molecule has 2 aromatic carbocycles. The smallest absolute Gasteiger partial charge is 0.208 e. The number of aryl methyl sites for hydroxylation is 1. The first-order valence-electron chi connectivity index (χ1n) is 12.8. The Kier molecular flexibility index (Phi) is 6.52. The van der Waals surface area contributed by atoms with E-state index >= 15 is 0 Å². The van der Waals surface area contributed by atoms with E-state index in [1.54, 1.807) is 6.20 Å². The second-order valence-electron chi connectivity index (χ2n) is 10.8. The maximum atomic E-state index is 12.6. The Balaban J connectivity index is 1.32. The minimum Gasteiger partial charge on any atom is -0.457 e. The van der Waals surface area contributed by atoms with Crippen molar-refractivity contribution in [1.82, 2.24) is 14.5 Å². The van der Waals surface area contributed by atoms with Gasteiger partial charge in [0, 0.05) is 43.4 Å². The Morgan fingerprint density at radius 3 is 2.61 bits per heavy atom. The lowest BCUT2D eigenvalue weighted by Gasteiger charge is -2.20. The van der Waals surface area contributed by atoms with Gasteiger partial charge >= 0.3 is 0 Å². The number of pyridine rings is 1. The van der Waals surface area contributed by atoms with Gasteiger partial charge in [-0.25, -0.2) is 4.98 Å². The quantitative estimate of drug-likeness (QED) is 0.304. The molecule has 0 amide bonds. The van der Waals surface area contributed by atoms with Crippen molar-refractivity contribution in [1.29, 1.82) is 0 Å². The van der Waals surface area contributed by atoms with E-state index in [4.69, 9.17) is 9.72 Å². The molecule has 6 nitrogen and oxygen atoms in total. The van der Waals surface area contributed by atoms with Gasteiger partial charge in [-0.05, 0) is 54.2 Å². The van der Waals surface area contributed by atoms with Crippen LogP contribution in [0.3, 0.4) is 0 Å². The first-order valence-corrected chi connectivity index (χ1v) is 12.8. The lowest BCUT2D eigenvalue weighted by molar-refractivity contribution is -0.122. The molecule has 0 aliphatic heterocycles. The maximum Gasteiger partial charge on any atom is 0.208 e. The van der Waals surface area contributed by atoms with Gasteiger partial charge in [-0.15, -0.1) is 0 Å². The number of hydrogen-bond acceptors (Lipinski definition) is 5. The van der Waals surface area contributed by atoms with Crippen LogP contribution in [0.25, 0.3) is 11.0 Å². The zero-order valence-electron chi connectivity index (χ0n) is 21.5. The molecule has 1 aliphatic carbocycles. The predicted molar refractivity (Wildman–Crippen MR) is 144 cm³/mol. The van der Waals surface area contributed by atoms with E-state index in [9.17, 15) is 4.79 Å². The molecule has 1 saturated carbocycles. The molecule has 0 unspecified atom stereocenters. The minimum absolute atomic E-state index is 0.0763. The Labute approximate surface area is 212 Å². The first-order chi connectivity index (χ1) is 17.3. The van der Waals surface area contributed by atoms with E-state index in [1.807, 2.05) is 41.9 Å². The average molecular weight is 483 g/mol. The summed E-state index contributed by atoms with van der Waals surface area (Å²) in [6.45, 7) is 6.63. The molecule has 1 N–H and O–H groups in total. The fraction of sp³-hybridized carbons (Fsp3) is 0.367. The summed E-state index contributed by atoms with van der Waals surface area (Å²) in [6, 6.07) is 18.0. The number of ether oxygens (including phenoxy) is 1. The number of Topliss-reactive ketones (excluding diaryl/α,β-unsaturated/α-hetero) is 1. The zero-order valence-corrected chi connectivity index (χ0v) is 21.5. The zero-order chi connectivity index (χ0) is 25.3. The third-order valence-electron chi connectivity index (χ3n) is 7.03. The highest BCUT2D eigenvalue weighted by Crippen LogP contribution is 2.30. The molecule has 6 heteroatoms. The molecule has 4 aromatic rings. The molecule has 0 atom stereocenters. The van der Waals surface area contributed by atoms with E-state index in [2.05, 4.69) is 55.3 Å². The van der Waals surface area contributed by atoms with E-state index in [0.717, 1.165) is 54.0 Å². The molecule has 186 valence electrons. The van der Waals surface area contributed by atoms with Crippen molar-refractivity contribution in [3.05, 3.63) is 72.1 Å². The molecule has 1 aliphatic rings. The molecular weight excluding hydrogens is 448 g/mol. The van der Waals surface area contributed by atoms with Crippen molar-refractivity contribution in [2.24, 2.45) is 13.0 Å². The molecular formula is C30H34N4O2. The number of imidazole rings is 1. The standard InChI is InChI=1S/C30H34N4O2/c1-30(2,3)21-10-7-11-22(16-21)32-29-33-26-19-24(12-13-27(26)34(29)4)36-25-14-15-31-23(17-25)18-28(35)20-8-5-6-9-20/h7,10-17,19-20H,5-6,8-9,18H2,1-4H3,(H,32,33). The molecule has 0 bridgehead atoms. The fourth-order valence-electron chi connectivity index (χ4n) is 4.87. The van der Waals surface area contributed by atoms with Gasteiger partial charge in [0.25, 0.3) is 0 Å². The van der Waals surface area contributed by atoms with Crippen molar-refractivity contribution in [3.8, 4) is 11.5 Å². The van der Waals surface area contributed by atoms with Crippen LogP contribution in [0.5, 0.6) is 11.5 Å². The van der Waals surface area contributed by atoms with Crippen molar-refractivity contribution in [2.75, 3.05) is 5.32 Å². The molecule has 0 radical (unpaired) electrons. The van der Waals surface area contributed by atoms with Crippen LogP contribution in [0.15, 0.2) is 60.8 Å². The van der Waals surface area contributed by atoms with Crippen LogP contribution in [0, 0.1) is 5.92 Å². The van der Waals surface area contributed by atoms with Gasteiger partial charge in [0.15, 0.2) is 0 Å². The fourth-order valence-corrected chi connectivity index (χ4v) is 4.87. The van der Waals surface area contributed by atoms with E-state index < -0.39 is 0 Å². The molecule has 2 heterocycles. The SMILES string of the molecule is Cn1c(Nc2cccc(C(C)(C)C)c2)nc2cc(Oc3ccnc(CC(=O)C4CCCC4)c3)ccc21. The Morgan fingerprint density at radius 1 is 1.06 bits per heavy atom. The first kappa shape index (κ1) is 24.0. The van der Waals surface area contributed by atoms with Gasteiger partial charge in [-0.3, -0.25) is 9.78 Å². The summed E-state index contributed by atoms with van der Waals surface area (Å²) < 4.78 is 8.18. The van der Waals surface area contributed by atoms with Crippen LogP contribution in [-0.2, 0) is 23.7 Å². The minimum atomic E-state index is 0.0763. The lowest BCUT2D eigenvalue weighted by atomic mass is 9.87. The molecule has 0 spiro atoms. The van der Waals surface area contributed by atoms with Crippen LogP contribution in [0.4, 0.5) is 11.6 Å². The monoisotopic (exact) mass is 482 g/mol. The second-order valence-corrected chi connectivity index (χ2v) is 10.8. The third kappa shape index (κ3) is 5.27. The number of nitrogens with zero attached hydrogens (tertiary/aromatic N) is 3. The van der Waals surface area contributed by atoms with Crippen molar-refractivity contribution in [2.45, 2.75) is 58.3 Å². The summed E-state index contributed by atoms with van der Waals surface area (Å²) >= 11 is 0. The topological polar surface area (TPSA) is 69.0 Å². The summed E-state index contributed by atoms with van der Waals surface area (Å²) in [7, 11) is 2.00. The average Bonchev–Trinajstić information content (AvgIpc) is 3.48. The molecule has 0 saturated heterocycles. The molecule has 2 aromatic heterocycles. The maximum absolute atomic E-state index is 12.6. The van der Waals surface area contributed by atoms with Gasteiger partial charge in [-0.2, -0.15) is 0 Å². The van der Waals surface area contributed by atoms with Crippen molar-refractivity contribution < 1.29 is 9.53 Å². The number of carbonyl (C=O) groups excluding carboxylic acids is 1.